The lowest BCUT2D eigenvalue weighted by Crippen LogP contribution is -2.18. The summed E-state index contributed by atoms with van der Waals surface area (Å²) < 4.78 is 12.2. The van der Waals surface area contributed by atoms with Crippen molar-refractivity contribution in [1.82, 2.24) is 4.98 Å². The SMILES string of the molecule is CC(C)S(=O)c1ccc(Nc2cc(NCC3CCCC3)c(C(N)=O)cn2)cc1.O. The first-order valence-corrected chi connectivity index (χ1v) is 11.0. The molecule has 0 saturated heterocycles. The molecule has 1 saturated carbocycles. The van der Waals surface area contributed by atoms with Gasteiger partial charge in [-0.25, -0.2) is 4.98 Å². The van der Waals surface area contributed by atoms with Gasteiger partial charge in [-0.05, 0) is 43.0 Å². The Morgan fingerprint density at radius 1 is 1.24 bits per heavy atom. The molecule has 1 aliphatic carbocycles. The maximum atomic E-state index is 12.2. The van der Waals surface area contributed by atoms with E-state index in [0.717, 1.165) is 17.1 Å². The van der Waals surface area contributed by atoms with Crippen LogP contribution >= 0.6 is 0 Å². The van der Waals surface area contributed by atoms with E-state index >= 15 is 0 Å². The largest absolute Gasteiger partial charge is 0.412 e. The zero-order chi connectivity index (χ0) is 20.1. The summed E-state index contributed by atoms with van der Waals surface area (Å²) in [6.07, 6.45) is 6.49. The van der Waals surface area contributed by atoms with Crippen molar-refractivity contribution < 1.29 is 14.5 Å². The Hall–Kier alpha value is -2.45. The summed E-state index contributed by atoms with van der Waals surface area (Å²) >= 11 is 0. The highest BCUT2D eigenvalue weighted by molar-refractivity contribution is 7.85. The molecule has 0 bridgehead atoms. The van der Waals surface area contributed by atoms with Gasteiger partial charge in [-0.3, -0.25) is 9.00 Å². The van der Waals surface area contributed by atoms with Crippen molar-refractivity contribution in [2.45, 2.75) is 49.7 Å². The van der Waals surface area contributed by atoms with Crippen molar-refractivity contribution in [2.24, 2.45) is 11.7 Å². The number of hydrogen-bond donors (Lipinski definition) is 3. The number of carbonyl (C=O) groups is 1. The number of pyridine rings is 1. The number of carbonyl (C=O) groups excluding carboxylic acids is 1. The third-order valence-electron chi connectivity index (χ3n) is 5.01. The van der Waals surface area contributed by atoms with Gasteiger partial charge in [0.2, 0.25) is 0 Å². The van der Waals surface area contributed by atoms with Gasteiger partial charge in [-0.15, -0.1) is 0 Å². The molecule has 1 aliphatic rings. The highest BCUT2D eigenvalue weighted by atomic mass is 32.2. The monoisotopic (exact) mass is 418 g/mol. The van der Waals surface area contributed by atoms with Crippen molar-refractivity contribution in [3.63, 3.8) is 0 Å². The average molecular weight is 419 g/mol. The van der Waals surface area contributed by atoms with Crippen LogP contribution in [-0.2, 0) is 10.8 Å². The highest BCUT2D eigenvalue weighted by Gasteiger charge is 2.17. The van der Waals surface area contributed by atoms with E-state index in [0.29, 0.717) is 23.0 Å². The van der Waals surface area contributed by atoms with Gasteiger partial charge in [-0.2, -0.15) is 0 Å². The van der Waals surface area contributed by atoms with Gasteiger partial charge in [0.05, 0.1) is 22.1 Å². The lowest BCUT2D eigenvalue weighted by Gasteiger charge is -2.15. The molecule has 0 spiro atoms. The van der Waals surface area contributed by atoms with E-state index in [1.165, 1.54) is 31.9 Å². The summed E-state index contributed by atoms with van der Waals surface area (Å²) in [4.78, 5) is 16.8. The first-order valence-electron chi connectivity index (χ1n) is 9.75. The molecule has 29 heavy (non-hydrogen) atoms. The first kappa shape index (κ1) is 22.8. The Kier molecular flexibility index (Phi) is 8.16. The molecule has 1 heterocycles. The zero-order valence-electron chi connectivity index (χ0n) is 16.9. The standard InChI is InChI=1S/C21H28N4O2S.H2O/c1-14(2)28(27)17-9-7-16(8-10-17)25-20-11-19(18(13-24-20)21(22)26)23-12-15-5-3-4-6-15;/h7-11,13-15H,3-6,12H2,1-2H3,(H2,22,26)(H2,23,24,25);1H2. The number of hydrogen-bond acceptors (Lipinski definition) is 5. The number of primary amides is 1. The lowest BCUT2D eigenvalue weighted by molar-refractivity contribution is 0.100. The van der Waals surface area contributed by atoms with Crippen molar-refractivity contribution in [1.29, 1.82) is 0 Å². The van der Waals surface area contributed by atoms with E-state index in [9.17, 15) is 9.00 Å². The minimum atomic E-state index is -1.01. The zero-order valence-corrected chi connectivity index (χ0v) is 17.7. The van der Waals surface area contributed by atoms with Crippen molar-refractivity contribution in [3.8, 4) is 0 Å². The number of nitrogens with one attached hydrogen (secondary N) is 2. The Balaban J connectivity index is 0.00000300. The summed E-state index contributed by atoms with van der Waals surface area (Å²) in [6, 6.07) is 9.29. The van der Waals surface area contributed by atoms with E-state index < -0.39 is 16.7 Å². The first-order chi connectivity index (χ1) is 13.4. The molecule has 1 atom stereocenters. The van der Waals surface area contributed by atoms with E-state index in [4.69, 9.17) is 5.73 Å². The molecule has 1 aromatic heterocycles. The van der Waals surface area contributed by atoms with Crippen LogP contribution in [0.2, 0.25) is 0 Å². The molecule has 1 unspecified atom stereocenters. The highest BCUT2D eigenvalue weighted by Crippen LogP contribution is 2.27. The van der Waals surface area contributed by atoms with Crippen LogP contribution in [0.4, 0.5) is 17.2 Å². The van der Waals surface area contributed by atoms with Gasteiger partial charge in [0, 0.05) is 34.6 Å². The lowest BCUT2D eigenvalue weighted by atomic mass is 10.1. The van der Waals surface area contributed by atoms with Crippen LogP contribution in [0.5, 0.6) is 0 Å². The summed E-state index contributed by atoms with van der Waals surface area (Å²) in [5.41, 5.74) is 7.44. The number of anilines is 3. The predicted molar refractivity (Wildman–Crippen MR) is 118 cm³/mol. The Bertz CT molecular complexity index is 850. The van der Waals surface area contributed by atoms with E-state index in [1.807, 2.05) is 44.2 Å². The quantitative estimate of drug-likeness (QED) is 0.606. The summed E-state index contributed by atoms with van der Waals surface area (Å²) in [5, 5.41) is 6.69. The number of rotatable bonds is 8. The molecule has 7 nitrogen and oxygen atoms in total. The predicted octanol–water partition coefficient (Wildman–Crippen LogP) is 3.22. The third-order valence-corrected chi connectivity index (χ3v) is 6.61. The number of aromatic nitrogens is 1. The minimum Gasteiger partial charge on any atom is -0.412 e. The summed E-state index contributed by atoms with van der Waals surface area (Å²) in [7, 11) is -1.01. The maximum Gasteiger partial charge on any atom is 0.252 e. The van der Waals surface area contributed by atoms with Crippen LogP contribution < -0.4 is 16.4 Å². The number of nitrogens with two attached hydrogens (primary N) is 1. The Morgan fingerprint density at radius 3 is 2.48 bits per heavy atom. The van der Waals surface area contributed by atoms with Gasteiger partial charge in [0.25, 0.3) is 5.91 Å². The molecule has 6 N–H and O–H groups in total. The third kappa shape index (κ3) is 6.01. The summed E-state index contributed by atoms with van der Waals surface area (Å²) in [5.74, 6) is 0.768. The fourth-order valence-electron chi connectivity index (χ4n) is 3.43. The smallest absolute Gasteiger partial charge is 0.252 e. The van der Waals surface area contributed by atoms with Crippen molar-refractivity contribution in [2.75, 3.05) is 17.2 Å². The van der Waals surface area contributed by atoms with Crippen molar-refractivity contribution >= 4 is 33.9 Å². The second-order valence-corrected chi connectivity index (χ2v) is 9.52. The molecule has 3 rings (SSSR count). The van der Waals surface area contributed by atoms with E-state index in [-0.39, 0.29) is 10.7 Å². The number of nitrogens with zero attached hydrogens (tertiary/aromatic N) is 1. The second kappa shape index (κ2) is 10.4. The normalized spacial score (nSPS) is 15.0. The van der Waals surface area contributed by atoms with Crippen LogP contribution in [-0.4, -0.2) is 32.4 Å². The Morgan fingerprint density at radius 2 is 1.90 bits per heavy atom. The Labute approximate surface area is 174 Å². The van der Waals surface area contributed by atoms with Gasteiger partial charge < -0.3 is 21.8 Å². The number of amides is 1. The molecular formula is C21H30N4O3S. The van der Waals surface area contributed by atoms with Crippen LogP contribution in [0.25, 0.3) is 0 Å². The molecule has 2 aromatic rings. The average Bonchev–Trinajstić information content (AvgIpc) is 3.20. The van der Waals surface area contributed by atoms with Crippen LogP contribution in [0, 0.1) is 5.92 Å². The van der Waals surface area contributed by atoms with Gasteiger partial charge in [-0.1, -0.05) is 26.7 Å². The fraction of sp³-hybridized carbons (Fsp3) is 0.429. The molecule has 1 amide bonds. The fourth-order valence-corrected chi connectivity index (χ4v) is 4.38. The molecule has 1 fully saturated rings. The molecule has 0 aliphatic heterocycles. The molecule has 1 aromatic carbocycles. The van der Waals surface area contributed by atoms with Crippen LogP contribution in [0.1, 0.15) is 49.9 Å². The van der Waals surface area contributed by atoms with Crippen LogP contribution in [0.3, 0.4) is 0 Å². The van der Waals surface area contributed by atoms with Gasteiger partial charge >= 0.3 is 0 Å². The van der Waals surface area contributed by atoms with Gasteiger partial charge in [0.15, 0.2) is 0 Å². The molecular weight excluding hydrogens is 388 g/mol. The minimum absolute atomic E-state index is 0. The topological polar surface area (TPSA) is 129 Å². The maximum absolute atomic E-state index is 12.2. The van der Waals surface area contributed by atoms with Gasteiger partial charge in [0.1, 0.15) is 5.82 Å². The molecule has 0 radical (unpaired) electrons. The molecule has 158 valence electrons. The number of benzene rings is 1. The van der Waals surface area contributed by atoms with E-state index in [1.54, 1.807) is 0 Å². The second-order valence-electron chi connectivity index (χ2n) is 7.51. The van der Waals surface area contributed by atoms with Crippen molar-refractivity contribution in [3.05, 3.63) is 42.1 Å². The van der Waals surface area contributed by atoms with E-state index in [2.05, 4.69) is 15.6 Å². The van der Waals surface area contributed by atoms with Crippen LogP contribution in [0.15, 0.2) is 41.4 Å². The molecule has 8 heteroatoms. The summed E-state index contributed by atoms with van der Waals surface area (Å²) in [6.45, 7) is 4.71.